The molecule has 2 aromatic rings. The highest BCUT2D eigenvalue weighted by molar-refractivity contribution is 5.26. The van der Waals surface area contributed by atoms with Crippen molar-refractivity contribution >= 4 is 0 Å². The van der Waals surface area contributed by atoms with Gasteiger partial charge in [0.1, 0.15) is 6.10 Å². The second-order valence-electron chi connectivity index (χ2n) is 4.16. The zero-order valence-corrected chi connectivity index (χ0v) is 9.54. The van der Waals surface area contributed by atoms with Crippen LogP contribution < -0.4 is 0 Å². The van der Waals surface area contributed by atoms with Gasteiger partial charge in [-0.25, -0.2) is 0 Å². The maximum absolute atomic E-state index is 10.1. The summed E-state index contributed by atoms with van der Waals surface area (Å²) in [5.74, 6) is 0. The van der Waals surface area contributed by atoms with Gasteiger partial charge in [-0.05, 0) is 19.4 Å². The maximum Gasteiger partial charge on any atom is 0.107 e. The molecule has 1 atom stereocenters. The molecule has 1 N–H and O–H groups in total. The Hall–Kier alpha value is -1.61. The summed E-state index contributed by atoms with van der Waals surface area (Å²) in [6.45, 7) is 4.12. The predicted molar refractivity (Wildman–Crippen MR) is 63.1 cm³/mol. The van der Waals surface area contributed by atoms with Gasteiger partial charge < -0.3 is 5.11 Å². The second-order valence-corrected chi connectivity index (χ2v) is 4.16. The number of aliphatic hydroxyl groups excluding tert-OH is 1. The van der Waals surface area contributed by atoms with Gasteiger partial charge in [0.2, 0.25) is 0 Å². The van der Waals surface area contributed by atoms with Gasteiger partial charge >= 0.3 is 0 Å². The van der Waals surface area contributed by atoms with E-state index in [0.29, 0.717) is 6.04 Å². The van der Waals surface area contributed by atoms with Crippen LogP contribution in [0.3, 0.4) is 0 Å². The van der Waals surface area contributed by atoms with E-state index in [4.69, 9.17) is 0 Å². The van der Waals surface area contributed by atoms with Crippen molar-refractivity contribution in [1.29, 1.82) is 0 Å². The summed E-state index contributed by atoms with van der Waals surface area (Å²) in [6.07, 6.45) is 3.02. The van der Waals surface area contributed by atoms with Crippen LogP contribution in [0.15, 0.2) is 42.7 Å². The van der Waals surface area contributed by atoms with Crippen LogP contribution in [-0.2, 0) is 0 Å². The first-order valence-corrected chi connectivity index (χ1v) is 5.45. The zero-order chi connectivity index (χ0) is 11.5. The molecule has 1 aromatic carbocycles. The summed E-state index contributed by atoms with van der Waals surface area (Å²) in [7, 11) is 0. The molecule has 0 aliphatic heterocycles. The standard InChI is InChI=1S/C13H16N2O/c1-10(2)15-9-12(8-14-15)13(16)11-6-4-3-5-7-11/h3-10,13,16H,1-2H3. The molecule has 1 aromatic heterocycles. The van der Waals surface area contributed by atoms with E-state index in [1.165, 1.54) is 0 Å². The first kappa shape index (κ1) is 10.9. The molecule has 1 unspecified atom stereocenters. The molecule has 3 nitrogen and oxygen atoms in total. The highest BCUT2D eigenvalue weighted by Crippen LogP contribution is 2.21. The van der Waals surface area contributed by atoms with E-state index >= 15 is 0 Å². The Kier molecular flexibility index (Phi) is 3.06. The monoisotopic (exact) mass is 216 g/mol. The third kappa shape index (κ3) is 2.14. The second kappa shape index (κ2) is 4.49. The number of hydrogen-bond donors (Lipinski definition) is 1. The number of aliphatic hydroxyl groups is 1. The Morgan fingerprint density at radius 1 is 1.12 bits per heavy atom. The lowest BCUT2D eigenvalue weighted by Gasteiger charge is -2.08. The number of rotatable bonds is 3. The van der Waals surface area contributed by atoms with Crippen LogP contribution in [0, 0.1) is 0 Å². The van der Waals surface area contributed by atoms with Crippen molar-refractivity contribution in [1.82, 2.24) is 9.78 Å². The molecule has 0 saturated carbocycles. The van der Waals surface area contributed by atoms with Crippen LogP contribution in [0.2, 0.25) is 0 Å². The van der Waals surface area contributed by atoms with Crippen LogP contribution in [-0.4, -0.2) is 14.9 Å². The van der Waals surface area contributed by atoms with Crippen molar-refractivity contribution in [3.63, 3.8) is 0 Å². The molecule has 0 aliphatic carbocycles. The Morgan fingerprint density at radius 2 is 1.81 bits per heavy atom. The first-order chi connectivity index (χ1) is 7.68. The molecule has 0 bridgehead atoms. The van der Waals surface area contributed by atoms with Gasteiger partial charge in [-0.15, -0.1) is 0 Å². The van der Waals surface area contributed by atoms with Crippen molar-refractivity contribution in [3.05, 3.63) is 53.9 Å². The highest BCUT2D eigenvalue weighted by atomic mass is 16.3. The van der Waals surface area contributed by atoms with Crippen LogP contribution in [0.1, 0.15) is 37.1 Å². The quantitative estimate of drug-likeness (QED) is 0.856. The summed E-state index contributed by atoms with van der Waals surface area (Å²) < 4.78 is 1.85. The minimum atomic E-state index is -0.589. The summed E-state index contributed by atoms with van der Waals surface area (Å²) in [6, 6.07) is 9.93. The largest absolute Gasteiger partial charge is 0.384 e. The number of nitrogens with zero attached hydrogens (tertiary/aromatic N) is 2. The Bertz CT molecular complexity index is 448. The minimum absolute atomic E-state index is 0.316. The smallest absolute Gasteiger partial charge is 0.107 e. The molecular formula is C13H16N2O. The van der Waals surface area contributed by atoms with Gasteiger partial charge in [0.25, 0.3) is 0 Å². The normalized spacial score (nSPS) is 13.0. The van der Waals surface area contributed by atoms with Crippen LogP contribution in [0.25, 0.3) is 0 Å². The van der Waals surface area contributed by atoms with Crippen molar-refractivity contribution in [3.8, 4) is 0 Å². The molecule has 0 saturated heterocycles. The first-order valence-electron chi connectivity index (χ1n) is 5.45. The van der Waals surface area contributed by atoms with Gasteiger partial charge in [-0.3, -0.25) is 4.68 Å². The fourth-order valence-corrected chi connectivity index (χ4v) is 1.60. The average Bonchev–Trinajstić information content (AvgIpc) is 2.78. The molecule has 1 heterocycles. The average molecular weight is 216 g/mol. The molecule has 3 heteroatoms. The van der Waals surface area contributed by atoms with Crippen LogP contribution in [0.4, 0.5) is 0 Å². The van der Waals surface area contributed by atoms with Crippen molar-refractivity contribution < 1.29 is 5.11 Å². The molecule has 0 amide bonds. The SMILES string of the molecule is CC(C)n1cc(C(O)c2ccccc2)cn1. The van der Waals surface area contributed by atoms with E-state index in [9.17, 15) is 5.11 Å². The molecule has 0 fully saturated rings. The molecule has 0 radical (unpaired) electrons. The Labute approximate surface area is 95.3 Å². The van der Waals surface area contributed by atoms with E-state index in [-0.39, 0.29) is 0 Å². The Balaban J connectivity index is 2.24. The summed E-state index contributed by atoms with van der Waals surface area (Å²) in [5, 5.41) is 14.4. The molecule has 84 valence electrons. The van der Waals surface area contributed by atoms with Gasteiger partial charge in [0.05, 0.1) is 6.20 Å². The van der Waals surface area contributed by atoms with Gasteiger partial charge in [-0.2, -0.15) is 5.10 Å². The van der Waals surface area contributed by atoms with Gasteiger partial charge in [0.15, 0.2) is 0 Å². The topological polar surface area (TPSA) is 38.0 Å². The number of benzene rings is 1. The highest BCUT2D eigenvalue weighted by Gasteiger charge is 2.12. The third-order valence-electron chi connectivity index (χ3n) is 2.58. The van der Waals surface area contributed by atoms with Crippen molar-refractivity contribution in [2.24, 2.45) is 0 Å². The lowest BCUT2D eigenvalue weighted by atomic mass is 10.1. The van der Waals surface area contributed by atoms with Crippen molar-refractivity contribution in [2.45, 2.75) is 26.0 Å². The summed E-state index contributed by atoms with van der Waals surface area (Å²) in [5.41, 5.74) is 1.73. The maximum atomic E-state index is 10.1. The third-order valence-corrected chi connectivity index (χ3v) is 2.58. The van der Waals surface area contributed by atoms with E-state index in [1.54, 1.807) is 6.20 Å². The lowest BCUT2D eigenvalue weighted by molar-refractivity contribution is 0.220. The summed E-state index contributed by atoms with van der Waals surface area (Å²) in [4.78, 5) is 0. The molecule has 0 spiro atoms. The zero-order valence-electron chi connectivity index (χ0n) is 9.54. The van der Waals surface area contributed by atoms with Crippen LogP contribution >= 0.6 is 0 Å². The van der Waals surface area contributed by atoms with E-state index in [2.05, 4.69) is 18.9 Å². The molecular weight excluding hydrogens is 200 g/mol. The lowest BCUT2D eigenvalue weighted by Crippen LogP contribution is -2.01. The van der Waals surface area contributed by atoms with E-state index in [1.807, 2.05) is 41.2 Å². The van der Waals surface area contributed by atoms with Gasteiger partial charge in [-0.1, -0.05) is 30.3 Å². The number of hydrogen-bond acceptors (Lipinski definition) is 2. The molecule has 16 heavy (non-hydrogen) atoms. The fraction of sp³-hybridized carbons (Fsp3) is 0.308. The van der Waals surface area contributed by atoms with E-state index in [0.717, 1.165) is 11.1 Å². The number of aromatic nitrogens is 2. The summed E-state index contributed by atoms with van der Waals surface area (Å²) >= 11 is 0. The fourth-order valence-electron chi connectivity index (χ4n) is 1.60. The predicted octanol–water partition coefficient (Wildman–Crippen LogP) is 2.55. The van der Waals surface area contributed by atoms with Crippen LogP contribution in [0.5, 0.6) is 0 Å². The minimum Gasteiger partial charge on any atom is -0.384 e. The molecule has 0 aliphatic rings. The van der Waals surface area contributed by atoms with Crippen molar-refractivity contribution in [2.75, 3.05) is 0 Å². The van der Waals surface area contributed by atoms with Gasteiger partial charge in [0, 0.05) is 17.8 Å². The van der Waals surface area contributed by atoms with E-state index < -0.39 is 6.10 Å². The Morgan fingerprint density at radius 3 is 2.38 bits per heavy atom. The molecule has 2 rings (SSSR count).